The van der Waals surface area contributed by atoms with Crippen molar-refractivity contribution in [3.63, 3.8) is 0 Å². The van der Waals surface area contributed by atoms with E-state index >= 15 is 0 Å². The third kappa shape index (κ3) is 5.09. The van der Waals surface area contributed by atoms with Crippen molar-refractivity contribution in [3.05, 3.63) is 34.2 Å². The summed E-state index contributed by atoms with van der Waals surface area (Å²) in [6.07, 6.45) is -0.0346. The molecule has 136 valence electrons. The Kier molecular flexibility index (Phi) is 6.81. The fourth-order valence-electron chi connectivity index (χ4n) is 1.89. The first-order valence-corrected chi connectivity index (χ1v) is 7.97. The SMILES string of the molecule is CCC(=O)C(C)(N=O)C(=O)COC(=O)C(C)(C)Oc1ccc(Cl)cc1. The van der Waals surface area contributed by atoms with Crippen LogP contribution in [0.15, 0.2) is 29.4 Å². The second-order valence-electron chi connectivity index (χ2n) is 6.01. The van der Waals surface area contributed by atoms with Gasteiger partial charge in [0, 0.05) is 11.4 Å². The molecule has 7 nitrogen and oxygen atoms in total. The number of carbonyl (C=O) groups excluding carboxylic acids is 3. The number of benzene rings is 1. The van der Waals surface area contributed by atoms with E-state index in [1.54, 1.807) is 24.3 Å². The number of ether oxygens (including phenoxy) is 2. The maximum atomic E-state index is 12.2. The highest BCUT2D eigenvalue weighted by molar-refractivity contribution is 6.30. The first-order valence-electron chi connectivity index (χ1n) is 7.59. The van der Waals surface area contributed by atoms with Gasteiger partial charge in [-0.15, -0.1) is 4.91 Å². The number of Topliss-reactive ketones (excluding diaryl/α,β-unsaturated/α-hetero) is 2. The van der Waals surface area contributed by atoms with E-state index in [0.717, 1.165) is 6.92 Å². The zero-order valence-corrected chi connectivity index (χ0v) is 15.3. The van der Waals surface area contributed by atoms with Crippen LogP contribution in [-0.2, 0) is 19.1 Å². The topological polar surface area (TPSA) is 99.1 Å². The Bertz CT molecular complexity index is 670. The van der Waals surface area contributed by atoms with Crippen molar-refractivity contribution in [1.29, 1.82) is 0 Å². The molecule has 0 fully saturated rings. The molecule has 0 amide bonds. The minimum Gasteiger partial charge on any atom is -0.476 e. The number of carbonyl (C=O) groups is 3. The average molecular weight is 370 g/mol. The van der Waals surface area contributed by atoms with E-state index in [9.17, 15) is 19.3 Å². The molecule has 0 aromatic heterocycles. The van der Waals surface area contributed by atoms with Crippen LogP contribution in [0.4, 0.5) is 0 Å². The van der Waals surface area contributed by atoms with Crippen LogP contribution in [0, 0.1) is 4.91 Å². The predicted molar refractivity (Wildman–Crippen MR) is 91.6 cm³/mol. The van der Waals surface area contributed by atoms with Crippen LogP contribution < -0.4 is 4.74 Å². The minimum atomic E-state index is -2.06. The summed E-state index contributed by atoms with van der Waals surface area (Å²) in [5.41, 5.74) is -3.45. The quantitative estimate of drug-likeness (QED) is 0.376. The van der Waals surface area contributed by atoms with Gasteiger partial charge in [-0.25, -0.2) is 4.79 Å². The molecule has 0 saturated heterocycles. The molecule has 1 aromatic rings. The number of esters is 1. The maximum Gasteiger partial charge on any atom is 0.350 e. The molecule has 0 heterocycles. The normalized spacial score (nSPS) is 13.5. The van der Waals surface area contributed by atoms with E-state index < -0.39 is 35.3 Å². The third-order valence-corrected chi connectivity index (χ3v) is 3.85. The third-order valence-electron chi connectivity index (χ3n) is 3.60. The van der Waals surface area contributed by atoms with Crippen molar-refractivity contribution in [2.45, 2.75) is 45.3 Å². The second-order valence-corrected chi connectivity index (χ2v) is 6.44. The van der Waals surface area contributed by atoms with Crippen molar-refractivity contribution >= 4 is 29.1 Å². The molecule has 0 aliphatic heterocycles. The number of nitroso groups, excluding NO2 is 1. The minimum absolute atomic E-state index is 0.0346. The van der Waals surface area contributed by atoms with E-state index in [4.69, 9.17) is 21.1 Å². The Labute approximate surface area is 150 Å². The van der Waals surface area contributed by atoms with Gasteiger partial charge in [0.2, 0.25) is 11.3 Å². The molecule has 1 aromatic carbocycles. The number of rotatable bonds is 9. The van der Waals surface area contributed by atoms with Gasteiger partial charge in [0.15, 0.2) is 18.0 Å². The van der Waals surface area contributed by atoms with Crippen LogP contribution >= 0.6 is 11.6 Å². The monoisotopic (exact) mass is 369 g/mol. The summed E-state index contributed by atoms with van der Waals surface area (Å²) < 4.78 is 10.5. The van der Waals surface area contributed by atoms with Crippen molar-refractivity contribution in [3.8, 4) is 5.75 Å². The zero-order valence-electron chi connectivity index (χ0n) is 14.5. The van der Waals surface area contributed by atoms with Crippen molar-refractivity contribution < 1.29 is 23.9 Å². The molecule has 1 unspecified atom stereocenters. The highest BCUT2D eigenvalue weighted by Gasteiger charge is 2.42. The lowest BCUT2D eigenvalue weighted by Gasteiger charge is -2.25. The Morgan fingerprint density at radius 2 is 1.64 bits per heavy atom. The average Bonchev–Trinajstić information content (AvgIpc) is 2.59. The molecule has 0 aliphatic rings. The lowest BCUT2D eigenvalue weighted by Crippen LogP contribution is -2.46. The fourth-order valence-corrected chi connectivity index (χ4v) is 2.01. The van der Waals surface area contributed by atoms with Gasteiger partial charge < -0.3 is 9.47 Å². The molecular formula is C17H20ClNO6. The molecule has 8 heteroatoms. The van der Waals surface area contributed by atoms with Gasteiger partial charge in [-0.1, -0.05) is 18.5 Å². The van der Waals surface area contributed by atoms with Crippen LogP contribution in [0.25, 0.3) is 0 Å². The van der Waals surface area contributed by atoms with Crippen molar-refractivity contribution in [2.75, 3.05) is 6.61 Å². The van der Waals surface area contributed by atoms with Gasteiger partial charge >= 0.3 is 5.97 Å². The van der Waals surface area contributed by atoms with Crippen LogP contribution in [0.1, 0.15) is 34.1 Å². The smallest absolute Gasteiger partial charge is 0.350 e. The second kappa shape index (κ2) is 8.20. The van der Waals surface area contributed by atoms with E-state index in [2.05, 4.69) is 5.18 Å². The standard InChI is InChI=1S/C17H20ClNO6/c1-5-13(20)17(4,19-23)14(21)10-24-15(22)16(2,3)25-12-8-6-11(18)7-9-12/h6-9H,5,10H2,1-4H3. The molecule has 0 N–H and O–H groups in total. The van der Waals surface area contributed by atoms with Gasteiger partial charge in [-0.2, -0.15) is 0 Å². The summed E-state index contributed by atoms with van der Waals surface area (Å²) in [4.78, 5) is 46.9. The number of hydrogen-bond donors (Lipinski definition) is 0. The summed E-state index contributed by atoms with van der Waals surface area (Å²) in [6.45, 7) is 4.79. The van der Waals surface area contributed by atoms with Gasteiger partial charge in [-0.3, -0.25) is 9.59 Å². The molecule has 25 heavy (non-hydrogen) atoms. The van der Waals surface area contributed by atoms with Gasteiger partial charge in [0.05, 0.1) is 0 Å². The Balaban J connectivity index is 2.73. The Morgan fingerprint density at radius 1 is 1.08 bits per heavy atom. The zero-order chi connectivity index (χ0) is 19.3. The van der Waals surface area contributed by atoms with Crippen LogP contribution in [0.3, 0.4) is 0 Å². The Hall–Kier alpha value is -2.28. The van der Waals surface area contributed by atoms with Gasteiger partial charge in [0.1, 0.15) is 5.75 Å². The summed E-state index contributed by atoms with van der Waals surface area (Å²) in [6, 6.07) is 6.35. The molecule has 0 saturated carbocycles. The number of ketones is 2. The van der Waals surface area contributed by atoms with Crippen molar-refractivity contribution in [2.24, 2.45) is 5.18 Å². The van der Waals surface area contributed by atoms with Gasteiger partial charge in [-0.05, 0) is 50.2 Å². The van der Waals surface area contributed by atoms with Crippen molar-refractivity contribution in [1.82, 2.24) is 0 Å². The number of halogens is 1. The predicted octanol–water partition coefficient (Wildman–Crippen LogP) is 3.11. The Morgan fingerprint density at radius 3 is 2.12 bits per heavy atom. The maximum absolute atomic E-state index is 12.2. The van der Waals surface area contributed by atoms with E-state index in [-0.39, 0.29) is 6.42 Å². The lowest BCUT2D eigenvalue weighted by atomic mass is 9.91. The van der Waals surface area contributed by atoms with Gasteiger partial charge in [0.25, 0.3) is 0 Å². The first-order chi connectivity index (χ1) is 11.6. The molecule has 1 rings (SSSR count). The van der Waals surface area contributed by atoms with E-state index in [1.165, 1.54) is 20.8 Å². The molecule has 1 atom stereocenters. The molecule has 0 bridgehead atoms. The molecule has 0 aliphatic carbocycles. The van der Waals surface area contributed by atoms with E-state index in [0.29, 0.717) is 10.8 Å². The van der Waals surface area contributed by atoms with Crippen LogP contribution in [0.5, 0.6) is 5.75 Å². The largest absolute Gasteiger partial charge is 0.476 e. The summed E-state index contributed by atoms with van der Waals surface area (Å²) in [5.74, 6) is -1.96. The fraction of sp³-hybridized carbons (Fsp3) is 0.471. The molecule has 0 spiro atoms. The summed E-state index contributed by atoms with van der Waals surface area (Å²) in [5, 5.41) is 3.14. The lowest BCUT2D eigenvalue weighted by molar-refractivity contribution is -0.162. The number of nitrogens with zero attached hydrogens (tertiary/aromatic N) is 1. The first kappa shape index (κ1) is 20.8. The van der Waals surface area contributed by atoms with E-state index in [1.807, 2.05) is 0 Å². The summed E-state index contributed by atoms with van der Waals surface area (Å²) in [7, 11) is 0. The highest BCUT2D eigenvalue weighted by atomic mass is 35.5. The highest BCUT2D eigenvalue weighted by Crippen LogP contribution is 2.22. The van der Waals surface area contributed by atoms with Crippen LogP contribution in [-0.4, -0.2) is 35.3 Å². The molecular weight excluding hydrogens is 350 g/mol. The number of hydrogen-bond acceptors (Lipinski definition) is 7. The van der Waals surface area contributed by atoms with Crippen LogP contribution in [0.2, 0.25) is 5.02 Å². The molecule has 0 radical (unpaired) electrons. The summed E-state index contributed by atoms with van der Waals surface area (Å²) >= 11 is 5.78.